The van der Waals surface area contributed by atoms with Crippen molar-refractivity contribution in [3.05, 3.63) is 29.8 Å². The number of benzene rings is 1. The molecule has 0 spiro atoms. The molecular formula is C12H19NO2. The second-order valence-electron chi connectivity index (χ2n) is 2.75. The maximum atomic E-state index is 10.4. The molecule has 0 heterocycles. The second-order valence-corrected chi connectivity index (χ2v) is 2.75. The van der Waals surface area contributed by atoms with Crippen molar-refractivity contribution in [2.45, 2.75) is 27.2 Å². The minimum atomic E-state index is -0.459. The summed E-state index contributed by atoms with van der Waals surface area (Å²) in [5.41, 5.74) is 6.17. The van der Waals surface area contributed by atoms with E-state index in [4.69, 9.17) is 10.5 Å². The van der Waals surface area contributed by atoms with E-state index in [1.165, 1.54) is 5.56 Å². The molecule has 1 aromatic rings. The molecule has 0 bridgehead atoms. The van der Waals surface area contributed by atoms with Crippen molar-refractivity contribution in [1.82, 2.24) is 0 Å². The first-order chi connectivity index (χ1) is 7.22. The van der Waals surface area contributed by atoms with Gasteiger partial charge in [-0.3, -0.25) is 4.79 Å². The zero-order chi connectivity index (χ0) is 11.7. The summed E-state index contributed by atoms with van der Waals surface area (Å²) >= 11 is 0. The van der Waals surface area contributed by atoms with E-state index in [1.807, 2.05) is 38.1 Å². The van der Waals surface area contributed by atoms with Gasteiger partial charge in [0.25, 0.3) is 5.91 Å². The van der Waals surface area contributed by atoms with Gasteiger partial charge in [0.2, 0.25) is 0 Å². The van der Waals surface area contributed by atoms with Gasteiger partial charge in [-0.1, -0.05) is 32.9 Å². The van der Waals surface area contributed by atoms with Gasteiger partial charge in [-0.25, -0.2) is 0 Å². The SMILES string of the molecule is CC.CCc1ccc(OCC(N)=O)cc1. The highest BCUT2D eigenvalue weighted by Gasteiger charge is 1.96. The Morgan fingerprint density at radius 1 is 1.27 bits per heavy atom. The standard InChI is InChI=1S/C10H13NO2.C2H6/c1-2-8-3-5-9(6-4-8)13-7-10(11)12;1-2/h3-6H,2,7H2,1H3,(H2,11,12);1-2H3. The first-order valence-electron chi connectivity index (χ1n) is 5.22. The molecule has 3 heteroatoms. The molecule has 0 saturated carbocycles. The number of amides is 1. The minimum absolute atomic E-state index is 0.0640. The van der Waals surface area contributed by atoms with Crippen molar-refractivity contribution in [2.24, 2.45) is 5.73 Å². The summed E-state index contributed by atoms with van der Waals surface area (Å²) in [5.74, 6) is 0.218. The Labute approximate surface area is 91.2 Å². The third kappa shape index (κ3) is 5.73. The predicted octanol–water partition coefficient (Wildman–Crippen LogP) is 2.14. The van der Waals surface area contributed by atoms with Crippen LogP contribution in [0.25, 0.3) is 0 Å². The molecule has 1 amide bonds. The molecule has 0 aromatic heterocycles. The average molecular weight is 209 g/mol. The first kappa shape index (κ1) is 13.5. The van der Waals surface area contributed by atoms with Crippen molar-refractivity contribution >= 4 is 5.91 Å². The molecule has 0 aliphatic carbocycles. The van der Waals surface area contributed by atoms with Crippen LogP contribution in [0.3, 0.4) is 0 Å². The maximum absolute atomic E-state index is 10.4. The molecule has 1 aromatic carbocycles. The van der Waals surface area contributed by atoms with E-state index in [9.17, 15) is 4.79 Å². The summed E-state index contributed by atoms with van der Waals surface area (Å²) in [5, 5.41) is 0. The lowest BCUT2D eigenvalue weighted by molar-refractivity contribution is -0.119. The number of ether oxygens (including phenoxy) is 1. The summed E-state index contributed by atoms with van der Waals surface area (Å²) in [7, 11) is 0. The quantitative estimate of drug-likeness (QED) is 0.826. The van der Waals surface area contributed by atoms with E-state index in [2.05, 4.69) is 6.92 Å². The summed E-state index contributed by atoms with van der Waals surface area (Å²) < 4.78 is 5.09. The number of nitrogens with two attached hydrogens (primary N) is 1. The zero-order valence-corrected chi connectivity index (χ0v) is 9.62. The second kappa shape index (κ2) is 7.85. The fraction of sp³-hybridized carbons (Fsp3) is 0.417. The number of hydrogen-bond acceptors (Lipinski definition) is 2. The van der Waals surface area contributed by atoms with E-state index >= 15 is 0 Å². The molecule has 0 aliphatic rings. The van der Waals surface area contributed by atoms with Crippen molar-refractivity contribution in [2.75, 3.05) is 6.61 Å². The Kier molecular flexibility index (Phi) is 7.06. The van der Waals surface area contributed by atoms with Gasteiger partial charge in [-0.15, -0.1) is 0 Å². The Morgan fingerprint density at radius 2 is 1.80 bits per heavy atom. The number of primary amides is 1. The van der Waals surface area contributed by atoms with Crippen molar-refractivity contribution in [3.8, 4) is 5.75 Å². The van der Waals surface area contributed by atoms with Crippen molar-refractivity contribution in [3.63, 3.8) is 0 Å². The first-order valence-corrected chi connectivity index (χ1v) is 5.22. The molecule has 0 radical (unpaired) electrons. The molecule has 0 saturated heterocycles. The zero-order valence-electron chi connectivity index (χ0n) is 9.62. The third-order valence-corrected chi connectivity index (χ3v) is 1.71. The molecule has 3 nitrogen and oxygen atoms in total. The maximum Gasteiger partial charge on any atom is 0.255 e. The predicted molar refractivity (Wildman–Crippen MR) is 61.9 cm³/mol. The topological polar surface area (TPSA) is 52.3 Å². The lowest BCUT2D eigenvalue weighted by atomic mass is 10.2. The lowest BCUT2D eigenvalue weighted by Crippen LogP contribution is -2.19. The van der Waals surface area contributed by atoms with E-state index in [1.54, 1.807) is 0 Å². The van der Waals surface area contributed by atoms with Crippen LogP contribution in [0.15, 0.2) is 24.3 Å². The minimum Gasteiger partial charge on any atom is -0.484 e. The summed E-state index contributed by atoms with van der Waals surface area (Å²) in [6, 6.07) is 7.61. The van der Waals surface area contributed by atoms with Gasteiger partial charge in [-0.2, -0.15) is 0 Å². The number of carbonyl (C=O) groups excluding carboxylic acids is 1. The molecule has 84 valence electrons. The Balaban J connectivity index is 0.000000921. The van der Waals surface area contributed by atoms with Gasteiger partial charge in [0.1, 0.15) is 5.75 Å². The highest BCUT2D eigenvalue weighted by Crippen LogP contribution is 2.11. The summed E-state index contributed by atoms with van der Waals surface area (Å²) in [6.07, 6.45) is 0.996. The van der Waals surface area contributed by atoms with Crippen LogP contribution in [-0.2, 0) is 11.2 Å². The molecular weight excluding hydrogens is 190 g/mol. The number of hydrogen-bond donors (Lipinski definition) is 1. The summed E-state index contributed by atoms with van der Waals surface area (Å²) in [6.45, 7) is 6.02. The summed E-state index contributed by atoms with van der Waals surface area (Å²) in [4.78, 5) is 10.4. The largest absolute Gasteiger partial charge is 0.484 e. The van der Waals surface area contributed by atoms with Crippen LogP contribution in [0.1, 0.15) is 26.3 Å². The van der Waals surface area contributed by atoms with Crippen LogP contribution < -0.4 is 10.5 Å². The monoisotopic (exact) mass is 209 g/mol. The van der Waals surface area contributed by atoms with E-state index in [0.717, 1.165) is 6.42 Å². The van der Waals surface area contributed by atoms with Crippen molar-refractivity contribution < 1.29 is 9.53 Å². The molecule has 0 aliphatic heterocycles. The fourth-order valence-corrected chi connectivity index (χ4v) is 0.976. The molecule has 1 rings (SSSR count). The van der Waals surface area contributed by atoms with Crippen LogP contribution in [0, 0.1) is 0 Å². The van der Waals surface area contributed by atoms with Crippen LogP contribution in [0.5, 0.6) is 5.75 Å². The third-order valence-electron chi connectivity index (χ3n) is 1.71. The number of aryl methyl sites for hydroxylation is 1. The lowest BCUT2D eigenvalue weighted by Gasteiger charge is -2.03. The fourth-order valence-electron chi connectivity index (χ4n) is 0.976. The van der Waals surface area contributed by atoms with E-state index < -0.39 is 5.91 Å². The molecule has 15 heavy (non-hydrogen) atoms. The number of rotatable bonds is 4. The van der Waals surface area contributed by atoms with Gasteiger partial charge < -0.3 is 10.5 Å². The highest BCUT2D eigenvalue weighted by atomic mass is 16.5. The molecule has 0 atom stereocenters. The smallest absolute Gasteiger partial charge is 0.255 e. The van der Waals surface area contributed by atoms with E-state index in [-0.39, 0.29) is 6.61 Å². The van der Waals surface area contributed by atoms with Gasteiger partial charge in [0, 0.05) is 0 Å². The van der Waals surface area contributed by atoms with Crippen LogP contribution in [0.4, 0.5) is 0 Å². The Morgan fingerprint density at radius 3 is 2.20 bits per heavy atom. The molecule has 0 fully saturated rings. The normalized spacial score (nSPS) is 8.73. The van der Waals surface area contributed by atoms with Gasteiger partial charge in [0.05, 0.1) is 0 Å². The molecule has 0 unspecified atom stereocenters. The van der Waals surface area contributed by atoms with Gasteiger partial charge >= 0.3 is 0 Å². The number of carbonyl (C=O) groups is 1. The van der Waals surface area contributed by atoms with Crippen molar-refractivity contribution in [1.29, 1.82) is 0 Å². The van der Waals surface area contributed by atoms with Crippen LogP contribution in [-0.4, -0.2) is 12.5 Å². The van der Waals surface area contributed by atoms with Crippen LogP contribution >= 0.6 is 0 Å². The molecule has 2 N–H and O–H groups in total. The van der Waals surface area contributed by atoms with Gasteiger partial charge in [0.15, 0.2) is 6.61 Å². The Hall–Kier alpha value is -1.51. The van der Waals surface area contributed by atoms with Gasteiger partial charge in [-0.05, 0) is 24.1 Å². The Bertz CT molecular complexity index is 280. The highest BCUT2D eigenvalue weighted by molar-refractivity contribution is 5.75. The van der Waals surface area contributed by atoms with Crippen LogP contribution in [0.2, 0.25) is 0 Å². The average Bonchev–Trinajstić information content (AvgIpc) is 2.30. The van der Waals surface area contributed by atoms with E-state index in [0.29, 0.717) is 5.75 Å².